The molecule has 0 aliphatic heterocycles. The number of carbonyl (C=O) groups is 1. The number of fused-ring (bicyclic) bond motifs is 1. The van der Waals surface area contributed by atoms with Crippen LogP contribution >= 0.6 is 0 Å². The number of aromatic amines is 2. The number of hydrogen-bond acceptors (Lipinski definition) is 4. The zero-order valence-corrected chi connectivity index (χ0v) is 16.5. The van der Waals surface area contributed by atoms with Crippen LogP contribution in [0.3, 0.4) is 0 Å². The summed E-state index contributed by atoms with van der Waals surface area (Å²) in [6.45, 7) is 2.25. The molecule has 7 heteroatoms. The van der Waals surface area contributed by atoms with E-state index in [1.807, 2.05) is 0 Å². The first kappa shape index (κ1) is 21.1. The van der Waals surface area contributed by atoms with Gasteiger partial charge in [0.15, 0.2) is 11.2 Å². The van der Waals surface area contributed by atoms with E-state index in [9.17, 15) is 9.59 Å². The van der Waals surface area contributed by atoms with Gasteiger partial charge in [0.05, 0.1) is 6.33 Å². The van der Waals surface area contributed by atoms with Crippen molar-refractivity contribution in [3.05, 3.63) is 16.7 Å². The van der Waals surface area contributed by atoms with Gasteiger partial charge in [0.1, 0.15) is 0 Å². The lowest BCUT2D eigenvalue weighted by molar-refractivity contribution is -0.116. The Morgan fingerprint density at radius 2 is 1.56 bits per heavy atom. The van der Waals surface area contributed by atoms with Gasteiger partial charge in [0, 0.05) is 6.42 Å². The van der Waals surface area contributed by atoms with Gasteiger partial charge in [-0.3, -0.25) is 19.9 Å². The predicted octanol–water partition coefficient (Wildman–Crippen LogP) is 4.68. The molecular formula is C20H33N5O2. The number of H-pyrrole nitrogens is 2. The molecule has 0 aromatic carbocycles. The third kappa shape index (κ3) is 7.93. The maximum atomic E-state index is 12.0. The smallest absolute Gasteiger partial charge is 0.278 e. The molecule has 0 unspecified atom stereocenters. The molecule has 0 saturated carbocycles. The summed E-state index contributed by atoms with van der Waals surface area (Å²) in [5.74, 6) is 0.0312. The molecule has 0 saturated heterocycles. The Morgan fingerprint density at radius 3 is 2.19 bits per heavy atom. The molecule has 0 aliphatic rings. The first-order valence-corrected chi connectivity index (χ1v) is 10.4. The number of hydrogen-bond donors (Lipinski definition) is 3. The summed E-state index contributed by atoms with van der Waals surface area (Å²) >= 11 is 0. The minimum Gasteiger partial charge on any atom is -0.339 e. The SMILES string of the molecule is CCCCCCCCCCCCCCC(=O)Nc1nc2nc[nH]c2c(=O)[nH]1. The van der Waals surface area contributed by atoms with Gasteiger partial charge in [-0.25, -0.2) is 4.98 Å². The fraction of sp³-hybridized carbons (Fsp3) is 0.700. The van der Waals surface area contributed by atoms with Crippen molar-refractivity contribution >= 4 is 23.0 Å². The monoisotopic (exact) mass is 375 g/mol. The number of aromatic nitrogens is 4. The van der Waals surface area contributed by atoms with Crippen LogP contribution in [0, 0.1) is 0 Å². The number of rotatable bonds is 14. The average Bonchev–Trinajstić information content (AvgIpc) is 3.12. The Kier molecular flexibility index (Phi) is 9.58. The van der Waals surface area contributed by atoms with Crippen molar-refractivity contribution < 1.29 is 4.79 Å². The summed E-state index contributed by atoms with van der Waals surface area (Å²) in [4.78, 5) is 37.1. The number of nitrogens with one attached hydrogen (secondary N) is 3. The topological polar surface area (TPSA) is 104 Å². The van der Waals surface area contributed by atoms with Crippen molar-refractivity contribution in [1.82, 2.24) is 19.9 Å². The minimum absolute atomic E-state index is 0.125. The van der Waals surface area contributed by atoms with E-state index in [-0.39, 0.29) is 17.4 Å². The van der Waals surface area contributed by atoms with Crippen molar-refractivity contribution in [2.45, 2.75) is 90.4 Å². The number of amides is 1. The normalized spacial score (nSPS) is 11.1. The van der Waals surface area contributed by atoms with E-state index in [0.717, 1.165) is 12.8 Å². The van der Waals surface area contributed by atoms with Gasteiger partial charge in [-0.1, -0.05) is 77.6 Å². The number of carbonyl (C=O) groups excluding carboxylic acids is 1. The summed E-state index contributed by atoms with van der Waals surface area (Å²) in [5, 5.41) is 2.64. The minimum atomic E-state index is -0.335. The summed E-state index contributed by atoms with van der Waals surface area (Å²) in [7, 11) is 0. The molecule has 7 nitrogen and oxygen atoms in total. The van der Waals surface area contributed by atoms with Crippen LogP contribution in [-0.4, -0.2) is 25.8 Å². The molecule has 0 radical (unpaired) electrons. The van der Waals surface area contributed by atoms with E-state index >= 15 is 0 Å². The summed E-state index contributed by atoms with van der Waals surface area (Å²) in [6, 6.07) is 0. The third-order valence-electron chi connectivity index (χ3n) is 4.81. The summed E-state index contributed by atoms with van der Waals surface area (Å²) in [5.41, 5.74) is 0.284. The Labute approximate surface area is 160 Å². The molecule has 27 heavy (non-hydrogen) atoms. The summed E-state index contributed by atoms with van der Waals surface area (Å²) in [6.07, 6.45) is 17.0. The highest BCUT2D eigenvalue weighted by Crippen LogP contribution is 2.12. The lowest BCUT2D eigenvalue weighted by atomic mass is 10.0. The standard InChI is InChI=1S/C20H33N5O2/c1-2-3-4-5-6-7-8-9-10-11-12-13-14-16(26)23-20-24-18-17(19(27)25-20)21-15-22-18/h15H,2-14H2,1H3,(H3,21,22,23,24,25,26,27). The number of anilines is 1. The van der Waals surface area contributed by atoms with Crippen molar-refractivity contribution in [2.75, 3.05) is 5.32 Å². The second-order valence-corrected chi connectivity index (χ2v) is 7.20. The first-order valence-electron chi connectivity index (χ1n) is 10.4. The van der Waals surface area contributed by atoms with E-state index in [4.69, 9.17) is 0 Å². The molecule has 2 aromatic heterocycles. The largest absolute Gasteiger partial charge is 0.339 e. The van der Waals surface area contributed by atoms with Gasteiger partial charge in [0.25, 0.3) is 5.56 Å². The Hall–Kier alpha value is -2.18. The number of imidazole rings is 1. The quantitative estimate of drug-likeness (QED) is 0.417. The van der Waals surface area contributed by atoms with Crippen LogP contribution in [0.4, 0.5) is 5.95 Å². The zero-order chi connectivity index (χ0) is 19.3. The highest BCUT2D eigenvalue weighted by atomic mass is 16.2. The van der Waals surface area contributed by atoms with E-state index in [1.54, 1.807) is 0 Å². The Balaban J connectivity index is 1.49. The van der Waals surface area contributed by atoms with Gasteiger partial charge in [0.2, 0.25) is 11.9 Å². The molecule has 1 amide bonds. The second-order valence-electron chi connectivity index (χ2n) is 7.20. The lowest BCUT2D eigenvalue weighted by Crippen LogP contribution is -2.18. The van der Waals surface area contributed by atoms with E-state index in [0.29, 0.717) is 17.6 Å². The maximum absolute atomic E-state index is 12.0. The summed E-state index contributed by atoms with van der Waals surface area (Å²) < 4.78 is 0. The second kappa shape index (κ2) is 12.3. The number of nitrogens with zero attached hydrogens (tertiary/aromatic N) is 2. The molecule has 150 valence electrons. The molecule has 0 aliphatic carbocycles. The van der Waals surface area contributed by atoms with Crippen LogP contribution in [-0.2, 0) is 4.79 Å². The van der Waals surface area contributed by atoms with Gasteiger partial charge in [-0.2, -0.15) is 4.98 Å². The van der Waals surface area contributed by atoms with Gasteiger partial charge in [-0.15, -0.1) is 0 Å². The first-order chi connectivity index (χ1) is 13.2. The van der Waals surface area contributed by atoms with Crippen molar-refractivity contribution in [1.29, 1.82) is 0 Å². The van der Waals surface area contributed by atoms with Crippen LogP contribution in [0.5, 0.6) is 0 Å². The van der Waals surface area contributed by atoms with Crippen LogP contribution < -0.4 is 10.9 Å². The van der Waals surface area contributed by atoms with Crippen LogP contribution in [0.15, 0.2) is 11.1 Å². The van der Waals surface area contributed by atoms with E-state index < -0.39 is 0 Å². The van der Waals surface area contributed by atoms with Crippen molar-refractivity contribution in [3.63, 3.8) is 0 Å². The molecule has 3 N–H and O–H groups in total. The van der Waals surface area contributed by atoms with Gasteiger partial charge in [-0.05, 0) is 6.42 Å². The van der Waals surface area contributed by atoms with Crippen molar-refractivity contribution in [2.24, 2.45) is 0 Å². The van der Waals surface area contributed by atoms with Crippen molar-refractivity contribution in [3.8, 4) is 0 Å². The fourth-order valence-electron chi connectivity index (χ4n) is 3.22. The molecular weight excluding hydrogens is 342 g/mol. The van der Waals surface area contributed by atoms with Crippen LogP contribution in [0.25, 0.3) is 11.2 Å². The molecule has 0 spiro atoms. The molecule has 2 heterocycles. The zero-order valence-electron chi connectivity index (χ0n) is 16.5. The van der Waals surface area contributed by atoms with Crippen LogP contribution in [0.2, 0.25) is 0 Å². The average molecular weight is 376 g/mol. The maximum Gasteiger partial charge on any atom is 0.278 e. The molecule has 0 bridgehead atoms. The predicted molar refractivity (Wildman–Crippen MR) is 109 cm³/mol. The molecule has 2 rings (SSSR count). The molecule has 0 fully saturated rings. The third-order valence-corrected chi connectivity index (χ3v) is 4.81. The molecule has 2 aromatic rings. The fourth-order valence-corrected chi connectivity index (χ4v) is 3.22. The van der Waals surface area contributed by atoms with Gasteiger partial charge >= 0.3 is 0 Å². The van der Waals surface area contributed by atoms with Gasteiger partial charge < -0.3 is 4.98 Å². The molecule has 0 atom stereocenters. The van der Waals surface area contributed by atoms with E-state index in [1.165, 1.54) is 70.5 Å². The van der Waals surface area contributed by atoms with E-state index in [2.05, 4.69) is 32.2 Å². The Morgan fingerprint density at radius 1 is 0.963 bits per heavy atom. The van der Waals surface area contributed by atoms with Crippen LogP contribution in [0.1, 0.15) is 90.4 Å². The highest BCUT2D eigenvalue weighted by Gasteiger charge is 2.08. The number of unbranched alkanes of at least 4 members (excludes halogenated alkanes) is 11. The highest BCUT2D eigenvalue weighted by molar-refractivity contribution is 5.89. The Bertz CT molecular complexity index is 737. The lowest BCUT2D eigenvalue weighted by Gasteiger charge is -2.04.